The largest absolute Gasteiger partial charge is 0.508 e. The molecule has 0 aliphatic carbocycles. The van der Waals surface area contributed by atoms with Gasteiger partial charge in [0.1, 0.15) is 18.1 Å². The first-order chi connectivity index (χ1) is 12.0. The van der Waals surface area contributed by atoms with Crippen LogP contribution in [0.5, 0.6) is 5.75 Å². The van der Waals surface area contributed by atoms with Crippen molar-refractivity contribution in [2.75, 3.05) is 7.05 Å². The smallest absolute Gasteiger partial charge is 0.324 e. The minimum Gasteiger partial charge on any atom is -0.508 e. The molecule has 3 amide bonds. The molecule has 0 saturated carbocycles. The summed E-state index contributed by atoms with van der Waals surface area (Å²) in [5.41, 5.74) is 1.33. The molecule has 0 aromatic heterocycles. The number of rotatable bonds is 5. The third-order valence-corrected chi connectivity index (χ3v) is 3.52. The number of nitrogens with zero attached hydrogens (tertiary/aromatic N) is 1. The molecule has 128 valence electrons. The Hall–Kier alpha value is -3.41. The fourth-order valence-electron chi connectivity index (χ4n) is 2.05. The third-order valence-electron chi connectivity index (χ3n) is 3.52. The first-order valence-corrected chi connectivity index (χ1v) is 7.57. The standard InChI is InChI=1S/C19H18N2O4/c1-21(18(24)12-7-14-5-3-2-4-6-14)19(25)20-17(13-22)15-8-10-16(23)11-9-15/h2-13,17,23H,1H3,(H,20,25). The quantitative estimate of drug-likeness (QED) is 0.648. The van der Waals surface area contributed by atoms with Crippen molar-refractivity contribution in [3.63, 3.8) is 0 Å². The van der Waals surface area contributed by atoms with Crippen LogP contribution >= 0.6 is 0 Å². The second-order valence-corrected chi connectivity index (χ2v) is 5.30. The number of imide groups is 1. The van der Waals surface area contributed by atoms with Gasteiger partial charge in [-0.3, -0.25) is 9.69 Å². The summed E-state index contributed by atoms with van der Waals surface area (Å²) in [4.78, 5) is 36.3. The van der Waals surface area contributed by atoms with Crippen LogP contribution < -0.4 is 5.32 Å². The van der Waals surface area contributed by atoms with Crippen LogP contribution in [0.4, 0.5) is 4.79 Å². The summed E-state index contributed by atoms with van der Waals surface area (Å²) in [5, 5.41) is 11.7. The van der Waals surface area contributed by atoms with Crippen molar-refractivity contribution in [3.05, 3.63) is 71.8 Å². The van der Waals surface area contributed by atoms with E-state index in [1.807, 2.05) is 30.3 Å². The molecule has 0 aliphatic rings. The Morgan fingerprint density at radius 3 is 2.32 bits per heavy atom. The van der Waals surface area contributed by atoms with Gasteiger partial charge in [0.2, 0.25) is 0 Å². The van der Waals surface area contributed by atoms with Gasteiger partial charge in [0, 0.05) is 13.1 Å². The van der Waals surface area contributed by atoms with Crippen LogP contribution in [0, 0.1) is 0 Å². The maximum Gasteiger partial charge on any atom is 0.324 e. The molecule has 0 bridgehead atoms. The SMILES string of the molecule is CN(C(=O)C=Cc1ccccc1)C(=O)NC(C=O)c1ccc(O)cc1. The summed E-state index contributed by atoms with van der Waals surface area (Å²) in [6.45, 7) is 0. The highest BCUT2D eigenvalue weighted by Crippen LogP contribution is 2.15. The molecule has 6 heteroatoms. The number of aromatic hydroxyl groups is 1. The fraction of sp³-hybridized carbons (Fsp3) is 0.105. The van der Waals surface area contributed by atoms with E-state index < -0.39 is 18.0 Å². The van der Waals surface area contributed by atoms with E-state index in [-0.39, 0.29) is 5.75 Å². The number of phenolic OH excluding ortho intramolecular Hbond substituents is 1. The van der Waals surface area contributed by atoms with Gasteiger partial charge in [-0.05, 0) is 29.3 Å². The first-order valence-electron chi connectivity index (χ1n) is 7.57. The first kappa shape index (κ1) is 17.9. The lowest BCUT2D eigenvalue weighted by Crippen LogP contribution is -2.42. The van der Waals surface area contributed by atoms with Crippen molar-refractivity contribution >= 4 is 24.3 Å². The molecular weight excluding hydrogens is 320 g/mol. The van der Waals surface area contributed by atoms with Gasteiger partial charge in [-0.25, -0.2) is 4.79 Å². The van der Waals surface area contributed by atoms with E-state index in [4.69, 9.17) is 0 Å². The maximum atomic E-state index is 12.2. The molecule has 0 heterocycles. The lowest BCUT2D eigenvalue weighted by atomic mass is 10.1. The van der Waals surface area contributed by atoms with E-state index in [0.717, 1.165) is 10.5 Å². The number of phenols is 1. The number of hydrogen-bond acceptors (Lipinski definition) is 4. The van der Waals surface area contributed by atoms with Crippen molar-refractivity contribution in [2.24, 2.45) is 0 Å². The summed E-state index contributed by atoms with van der Waals surface area (Å²) < 4.78 is 0. The second-order valence-electron chi connectivity index (χ2n) is 5.30. The normalized spacial score (nSPS) is 11.7. The maximum absolute atomic E-state index is 12.2. The molecule has 2 aromatic carbocycles. The Kier molecular flexibility index (Phi) is 6.06. The predicted octanol–water partition coefficient (Wildman–Crippen LogP) is 2.51. The number of benzene rings is 2. The number of carbonyl (C=O) groups is 3. The van der Waals surface area contributed by atoms with E-state index in [1.165, 1.54) is 37.4 Å². The molecule has 1 atom stereocenters. The van der Waals surface area contributed by atoms with E-state index in [2.05, 4.69) is 5.32 Å². The Labute approximate surface area is 145 Å². The molecule has 0 radical (unpaired) electrons. The molecule has 0 saturated heterocycles. The molecule has 25 heavy (non-hydrogen) atoms. The highest BCUT2D eigenvalue weighted by Gasteiger charge is 2.19. The average Bonchev–Trinajstić information content (AvgIpc) is 2.65. The number of likely N-dealkylation sites (N-methyl/N-ethyl adjacent to an activating group) is 1. The molecule has 2 aromatic rings. The molecule has 0 fully saturated rings. The van der Waals surface area contributed by atoms with Crippen LogP contribution in [0.3, 0.4) is 0 Å². The van der Waals surface area contributed by atoms with Gasteiger partial charge in [0.25, 0.3) is 5.91 Å². The van der Waals surface area contributed by atoms with Crippen molar-refractivity contribution in [1.29, 1.82) is 0 Å². The van der Waals surface area contributed by atoms with E-state index in [9.17, 15) is 19.5 Å². The molecular formula is C19H18N2O4. The predicted molar refractivity (Wildman–Crippen MR) is 93.7 cm³/mol. The van der Waals surface area contributed by atoms with Crippen molar-refractivity contribution in [1.82, 2.24) is 10.2 Å². The zero-order valence-electron chi connectivity index (χ0n) is 13.6. The Balaban J connectivity index is 2.00. The van der Waals surface area contributed by atoms with E-state index >= 15 is 0 Å². The van der Waals surface area contributed by atoms with Crippen LogP contribution in [0.25, 0.3) is 6.08 Å². The summed E-state index contributed by atoms with van der Waals surface area (Å²) in [5.74, 6) is -0.463. The van der Waals surface area contributed by atoms with E-state index in [1.54, 1.807) is 6.08 Å². The number of hydrogen-bond donors (Lipinski definition) is 2. The van der Waals surface area contributed by atoms with Crippen molar-refractivity contribution < 1.29 is 19.5 Å². The van der Waals surface area contributed by atoms with Crippen molar-refractivity contribution in [3.8, 4) is 5.75 Å². The third kappa shape index (κ3) is 5.04. The fourth-order valence-corrected chi connectivity index (χ4v) is 2.05. The van der Waals surface area contributed by atoms with Crippen LogP contribution in [0.2, 0.25) is 0 Å². The summed E-state index contributed by atoms with van der Waals surface area (Å²) in [6.07, 6.45) is 3.44. The Morgan fingerprint density at radius 2 is 1.72 bits per heavy atom. The van der Waals surface area contributed by atoms with Gasteiger partial charge in [0.15, 0.2) is 0 Å². The lowest BCUT2D eigenvalue weighted by molar-refractivity contribution is -0.122. The molecule has 2 rings (SSSR count). The van der Waals surface area contributed by atoms with Crippen molar-refractivity contribution in [2.45, 2.75) is 6.04 Å². The van der Waals surface area contributed by atoms with Crippen LogP contribution in [-0.4, -0.2) is 35.3 Å². The number of aldehydes is 1. The summed E-state index contributed by atoms with van der Waals surface area (Å²) in [6, 6.07) is 13.5. The Bertz CT molecular complexity index is 770. The van der Waals surface area contributed by atoms with Crippen LogP contribution in [-0.2, 0) is 9.59 Å². The second kappa shape index (κ2) is 8.44. The molecule has 1 unspecified atom stereocenters. The monoisotopic (exact) mass is 338 g/mol. The van der Waals surface area contributed by atoms with Crippen LogP contribution in [0.1, 0.15) is 17.2 Å². The zero-order valence-corrected chi connectivity index (χ0v) is 13.6. The molecule has 0 aliphatic heterocycles. The number of amides is 3. The van der Waals surface area contributed by atoms with Gasteiger partial charge in [-0.2, -0.15) is 0 Å². The van der Waals surface area contributed by atoms with Gasteiger partial charge >= 0.3 is 6.03 Å². The number of urea groups is 1. The topological polar surface area (TPSA) is 86.7 Å². The summed E-state index contributed by atoms with van der Waals surface area (Å²) in [7, 11) is 1.33. The minimum absolute atomic E-state index is 0.0538. The highest BCUT2D eigenvalue weighted by molar-refractivity contribution is 6.02. The number of nitrogens with one attached hydrogen (secondary N) is 1. The average molecular weight is 338 g/mol. The van der Waals surface area contributed by atoms with Crippen LogP contribution in [0.15, 0.2) is 60.7 Å². The Morgan fingerprint density at radius 1 is 1.08 bits per heavy atom. The molecule has 0 spiro atoms. The minimum atomic E-state index is -0.915. The highest BCUT2D eigenvalue weighted by atomic mass is 16.3. The van der Waals surface area contributed by atoms with Gasteiger partial charge in [0.05, 0.1) is 0 Å². The molecule has 2 N–H and O–H groups in total. The number of carbonyl (C=O) groups excluding carboxylic acids is 3. The van der Waals surface area contributed by atoms with Gasteiger partial charge < -0.3 is 15.2 Å². The lowest BCUT2D eigenvalue weighted by Gasteiger charge is -2.18. The van der Waals surface area contributed by atoms with Gasteiger partial charge in [-0.1, -0.05) is 42.5 Å². The summed E-state index contributed by atoms with van der Waals surface area (Å²) >= 11 is 0. The van der Waals surface area contributed by atoms with Gasteiger partial charge in [-0.15, -0.1) is 0 Å². The molecule has 6 nitrogen and oxygen atoms in total. The van der Waals surface area contributed by atoms with E-state index in [0.29, 0.717) is 11.8 Å². The zero-order chi connectivity index (χ0) is 18.2.